The van der Waals surface area contributed by atoms with Gasteiger partial charge in [0.2, 0.25) is 0 Å². The third-order valence-corrected chi connectivity index (χ3v) is 20.0. The molecule has 30 heteroatoms. The summed E-state index contributed by atoms with van der Waals surface area (Å²) in [5.41, 5.74) is 0.289. The summed E-state index contributed by atoms with van der Waals surface area (Å²) in [6, 6.07) is 60.5. The summed E-state index contributed by atoms with van der Waals surface area (Å²) in [5.74, 6) is -9.14. The fourth-order valence-corrected chi connectivity index (χ4v) is 14.2. The maximum absolute atomic E-state index is 14.4. The highest BCUT2D eigenvalue weighted by atomic mass is 35.5. The predicted octanol–water partition coefficient (Wildman–Crippen LogP) is 21.0. The molecule has 580 valence electrons. The van der Waals surface area contributed by atoms with Gasteiger partial charge >= 0.3 is 6.03 Å². The maximum atomic E-state index is 14.4. The maximum Gasteiger partial charge on any atom is 0.324 e. The highest BCUT2D eigenvalue weighted by molar-refractivity contribution is 7.99. The molecule has 2 amide bonds. The Morgan fingerprint density at radius 3 is 1.12 bits per heavy atom. The van der Waals surface area contributed by atoms with Crippen LogP contribution in [0.15, 0.2) is 325 Å². The molecule has 0 fully saturated rings. The first kappa shape index (κ1) is 79.5. The number of fused-ring (bicyclic) bond motifs is 4. The second-order valence-corrected chi connectivity index (χ2v) is 27.6. The molecule has 9 aromatic carbocycles. The van der Waals surface area contributed by atoms with E-state index >= 15 is 0 Å². The standard InChI is InChI=1S/C26H16F2N2O.C21H13F3N4O2.C20H10ClF3N2OS.C20H10F4N2OS/c27-20-11-6-12-21(28)25(20)26-23-14-13-22(29-30(23)16-15-24(26)31)19-10-5-4-9-18(19)17-7-2-1-3-8-17;22-12-4-1-2-7-15(12)25-21(30)26-18-9-8-16-20(17(29)10-11-28(16)27-18)19-13(23)5-3-6-14(19)24;21-12-10-11(22)4-6-17(12)28-18-7-5-15-20(16(27)8-9-26(15)25-18)19-13(23)2-1-3-14(19)24;21-11-4-6-17(14(24)10-11)28-18-7-5-15-20(16(27)8-9-26(15)25-18)19-12(22)2-1-3-13(19)23/h1-16H;1-11H,(H2,25,26,27,30);2*1-10H. The number of aromatic nitrogens is 8. The first-order valence-corrected chi connectivity index (χ1v) is 36.6. The highest BCUT2D eigenvalue weighted by Crippen LogP contribution is 2.38. The zero-order valence-corrected chi connectivity index (χ0v) is 61.9. The van der Waals surface area contributed by atoms with Crippen molar-refractivity contribution in [3.8, 4) is 66.9 Å². The van der Waals surface area contributed by atoms with Gasteiger partial charge in [-0.25, -0.2) is 75.5 Å². The largest absolute Gasteiger partial charge is 0.324 e. The SMILES string of the molecule is O=C(Nc1ccc2c(-c3c(F)cccc3F)c(=O)ccn2n1)Nc1ccccc1F.O=c1ccn2nc(-c3ccccc3-c3ccccc3)ccc2c1-c1c(F)cccc1F.O=c1ccn2nc(Sc3ccc(F)cc3Cl)ccc2c1-c1c(F)cccc1F.O=c1ccn2nc(Sc3ccc(F)cc3F)ccc2c1-c1c(F)cccc1F. The van der Waals surface area contributed by atoms with Crippen LogP contribution in [-0.2, 0) is 0 Å². The third-order valence-electron chi connectivity index (χ3n) is 17.6. The number of carbonyl (C=O) groups excluding carboxylic acids is 1. The van der Waals surface area contributed by atoms with Gasteiger partial charge in [0.05, 0.1) is 83.0 Å². The van der Waals surface area contributed by atoms with Crippen LogP contribution in [0.25, 0.3) is 89.0 Å². The van der Waals surface area contributed by atoms with Gasteiger partial charge in [0, 0.05) is 70.5 Å². The number of pyridine rings is 4. The van der Waals surface area contributed by atoms with Gasteiger partial charge in [0.1, 0.15) is 79.9 Å². The van der Waals surface area contributed by atoms with Gasteiger partial charge in [0.15, 0.2) is 27.5 Å². The first-order valence-electron chi connectivity index (χ1n) is 34.6. The summed E-state index contributed by atoms with van der Waals surface area (Å²) in [7, 11) is 0. The quantitative estimate of drug-likeness (QED) is 0.111. The number of hydrogen-bond donors (Lipinski definition) is 2. The molecule has 0 saturated heterocycles. The molecule has 117 heavy (non-hydrogen) atoms. The van der Waals surface area contributed by atoms with Crippen LogP contribution in [0.5, 0.6) is 0 Å². The molecule has 8 heterocycles. The van der Waals surface area contributed by atoms with E-state index in [0.717, 1.165) is 101 Å². The molecule has 0 radical (unpaired) electrons. The predicted molar refractivity (Wildman–Crippen MR) is 423 cm³/mol. The van der Waals surface area contributed by atoms with Gasteiger partial charge in [0.25, 0.3) is 0 Å². The van der Waals surface area contributed by atoms with Gasteiger partial charge in [-0.2, -0.15) is 20.4 Å². The zero-order valence-electron chi connectivity index (χ0n) is 59.5. The molecular weight excluding hydrogens is 1590 g/mol. The van der Waals surface area contributed by atoms with Gasteiger partial charge < -0.3 is 5.32 Å². The van der Waals surface area contributed by atoms with Gasteiger partial charge in [-0.05, 0) is 151 Å². The fraction of sp³-hybridized carbons (Fsp3) is 0. The number of amides is 2. The van der Waals surface area contributed by atoms with Crippen LogP contribution in [0, 0.1) is 69.8 Å². The molecule has 0 saturated carbocycles. The Bertz CT molecular complexity index is 6750. The number of carbonyl (C=O) groups is 1. The lowest BCUT2D eigenvalue weighted by Crippen LogP contribution is -2.21. The lowest BCUT2D eigenvalue weighted by atomic mass is 9.97. The van der Waals surface area contributed by atoms with Crippen molar-refractivity contribution in [2.75, 3.05) is 10.6 Å². The Hall–Kier alpha value is -14.2. The average molecular weight is 1640 g/mol. The molecule has 0 aliphatic carbocycles. The van der Waals surface area contributed by atoms with E-state index in [1.54, 1.807) is 30.3 Å². The van der Waals surface area contributed by atoms with Crippen LogP contribution in [0.3, 0.4) is 0 Å². The molecule has 2 N–H and O–H groups in total. The number of rotatable bonds is 12. The van der Waals surface area contributed by atoms with Crippen LogP contribution in [0.1, 0.15) is 0 Å². The van der Waals surface area contributed by atoms with Crippen molar-refractivity contribution in [2.24, 2.45) is 0 Å². The highest BCUT2D eigenvalue weighted by Gasteiger charge is 2.24. The number of nitrogens with one attached hydrogen (secondary N) is 2. The van der Waals surface area contributed by atoms with E-state index in [1.807, 2.05) is 54.6 Å². The number of benzene rings is 9. The second kappa shape index (κ2) is 34.7. The van der Waals surface area contributed by atoms with E-state index in [4.69, 9.17) is 11.6 Å². The lowest BCUT2D eigenvalue weighted by Gasteiger charge is -2.12. The van der Waals surface area contributed by atoms with Crippen LogP contribution in [0.2, 0.25) is 5.02 Å². The molecule has 15 nitrogen and oxygen atoms in total. The van der Waals surface area contributed by atoms with E-state index in [1.165, 1.54) is 158 Å². The van der Waals surface area contributed by atoms with Crippen LogP contribution in [0.4, 0.5) is 69.0 Å². The van der Waals surface area contributed by atoms with Crippen molar-refractivity contribution in [2.45, 2.75) is 19.8 Å². The molecule has 8 aromatic heterocycles. The Morgan fingerprint density at radius 2 is 0.675 bits per heavy atom. The van der Waals surface area contributed by atoms with Gasteiger partial charge in [-0.15, -0.1) is 0 Å². The fourth-order valence-electron chi connectivity index (χ4n) is 12.4. The molecule has 0 spiro atoms. The third kappa shape index (κ3) is 17.4. The molecule has 0 unspecified atom stereocenters. The minimum absolute atomic E-state index is 0.0169. The molecule has 17 aromatic rings. The number of hydrogen-bond acceptors (Lipinski definition) is 11. The van der Waals surface area contributed by atoms with Crippen LogP contribution >= 0.6 is 35.1 Å². The number of nitrogens with zero attached hydrogens (tertiary/aromatic N) is 8. The molecule has 0 atom stereocenters. The lowest BCUT2D eigenvalue weighted by molar-refractivity contribution is 0.262. The van der Waals surface area contributed by atoms with Crippen molar-refractivity contribution < 1.29 is 57.5 Å². The number of urea groups is 1. The summed E-state index contributed by atoms with van der Waals surface area (Å²) in [6.07, 6.45) is 5.58. The number of anilines is 2. The van der Waals surface area contributed by atoms with E-state index in [9.17, 15) is 76.7 Å². The minimum atomic E-state index is -0.883. The van der Waals surface area contributed by atoms with E-state index in [2.05, 4.69) is 31.0 Å². The summed E-state index contributed by atoms with van der Waals surface area (Å²) in [4.78, 5) is 62.5. The Morgan fingerprint density at radius 1 is 0.308 bits per heavy atom. The molecular formula is C87H49ClF12N10O5S2. The van der Waals surface area contributed by atoms with Crippen LogP contribution < -0.4 is 32.3 Å². The van der Waals surface area contributed by atoms with E-state index in [-0.39, 0.29) is 65.8 Å². The smallest absolute Gasteiger partial charge is 0.305 e. The molecule has 0 aliphatic heterocycles. The summed E-state index contributed by atoms with van der Waals surface area (Å²) >= 11 is 8.18. The van der Waals surface area contributed by atoms with Crippen LogP contribution in [-0.4, -0.2) is 44.5 Å². The zero-order chi connectivity index (χ0) is 82.3. The average Bonchev–Trinajstić information content (AvgIpc) is 0.776. The number of para-hydroxylation sites is 1. The first-order chi connectivity index (χ1) is 56.4. The van der Waals surface area contributed by atoms with Crippen molar-refractivity contribution in [1.29, 1.82) is 0 Å². The summed E-state index contributed by atoms with van der Waals surface area (Å²) < 4.78 is 173. The Kier molecular flexibility index (Phi) is 23.6. The normalized spacial score (nSPS) is 11.0. The van der Waals surface area contributed by atoms with Crippen molar-refractivity contribution in [3.63, 3.8) is 0 Å². The van der Waals surface area contributed by atoms with E-state index in [0.29, 0.717) is 26.2 Å². The summed E-state index contributed by atoms with van der Waals surface area (Å²) in [5, 5.41) is 23.3. The Balaban J connectivity index is 0.000000129. The Labute approximate surface area is 665 Å². The van der Waals surface area contributed by atoms with Crippen molar-refractivity contribution >= 4 is 74.7 Å². The van der Waals surface area contributed by atoms with Crippen molar-refractivity contribution in [1.82, 2.24) is 38.5 Å². The monoisotopic (exact) mass is 1640 g/mol. The van der Waals surface area contributed by atoms with Gasteiger partial charge in [-0.1, -0.05) is 126 Å². The van der Waals surface area contributed by atoms with E-state index < -0.39 is 114 Å². The molecule has 0 bridgehead atoms. The minimum Gasteiger partial charge on any atom is -0.305 e. The molecule has 17 rings (SSSR count). The second-order valence-electron chi connectivity index (χ2n) is 25.0. The summed E-state index contributed by atoms with van der Waals surface area (Å²) in [6.45, 7) is 0. The topological polar surface area (TPSA) is 179 Å². The van der Waals surface area contributed by atoms with Crippen molar-refractivity contribution in [3.05, 3.63) is 401 Å². The molecule has 0 aliphatic rings. The van der Waals surface area contributed by atoms with Gasteiger partial charge in [-0.3, -0.25) is 24.5 Å². The number of halogens is 13.